The SMILES string of the molecule is COc1ccc(C2CCN(C(=O)[C@H](C)N)C2)cc1.Cl. The quantitative estimate of drug-likeness (QED) is 0.920. The molecule has 0 aliphatic carbocycles. The second-order valence-corrected chi connectivity index (χ2v) is 4.83. The summed E-state index contributed by atoms with van der Waals surface area (Å²) in [5.74, 6) is 1.32. The Morgan fingerprint density at radius 2 is 2.05 bits per heavy atom. The van der Waals surface area contributed by atoms with Gasteiger partial charge < -0.3 is 15.4 Å². The summed E-state index contributed by atoms with van der Waals surface area (Å²) in [4.78, 5) is 13.7. The maximum atomic E-state index is 11.8. The molecule has 2 N–H and O–H groups in total. The molecule has 1 unspecified atom stereocenters. The van der Waals surface area contributed by atoms with Crippen molar-refractivity contribution < 1.29 is 9.53 Å². The Balaban J connectivity index is 0.00000180. The first-order valence-corrected chi connectivity index (χ1v) is 6.30. The van der Waals surface area contributed by atoms with Crippen molar-refractivity contribution in [2.75, 3.05) is 20.2 Å². The van der Waals surface area contributed by atoms with Crippen LogP contribution in [0.4, 0.5) is 0 Å². The van der Waals surface area contributed by atoms with E-state index in [1.807, 2.05) is 17.0 Å². The average molecular weight is 285 g/mol. The number of benzene rings is 1. The Bertz CT molecular complexity index is 420. The van der Waals surface area contributed by atoms with Gasteiger partial charge in [-0.1, -0.05) is 12.1 Å². The molecule has 2 rings (SSSR count). The van der Waals surface area contributed by atoms with E-state index in [-0.39, 0.29) is 18.3 Å². The van der Waals surface area contributed by atoms with E-state index >= 15 is 0 Å². The minimum atomic E-state index is -0.403. The zero-order chi connectivity index (χ0) is 13.1. The van der Waals surface area contributed by atoms with Crippen molar-refractivity contribution in [1.82, 2.24) is 4.90 Å². The molecule has 4 nitrogen and oxygen atoms in total. The Morgan fingerprint density at radius 1 is 1.42 bits per heavy atom. The average Bonchev–Trinajstić information content (AvgIpc) is 2.87. The van der Waals surface area contributed by atoms with E-state index in [0.717, 1.165) is 25.3 Å². The number of carbonyl (C=O) groups is 1. The highest BCUT2D eigenvalue weighted by Gasteiger charge is 2.28. The molecule has 19 heavy (non-hydrogen) atoms. The number of amides is 1. The second kappa shape index (κ2) is 6.78. The standard InChI is InChI=1S/C14H20N2O2.ClH/c1-10(15)14(17)16-8-7-12(9-16)11-3-5-13(18-2)6-4-11;/h3-6,10,12H,7-9,15H2,1-2H3;1H/t10-,12?;/m0./s1. The predicted molar refractivity (Wildman–Crippen MR) is 77.8 cm³/mol. The maximum Gasteiger partial charge on any atom is 0.239 e. The molecule has 0 spiro atoms. The normalized spacial score (nSPS) is 19.7. The van der Waals surface area contributed by atoms with Crippen LogP contribution >= 0.6 is 12.4 Å². The fourth-order valence-corrected chi connectivity index (χ4v) is 2.40. The van der Waals surface area contributed by atoms with Crippen LogP contribution in [0.2, 0.25) is 0 Å². The lowest BCUT2D eigenvalue weighted by atomic mass is 9.98. The first kappa shape index (κ1) is 15.8. The maximum absolute atomic E-state index is 11.8. The number of rotatable bonds is 3. The summed E-state index contributed by atoms with van der Waals surface area (Å²) in [6.07, 6.45) is 1.00. The molecule has 0 aromatic heterocycles. The van der Waals surface area contributed by atoms with E-state index in [0.29, 0.717) is 5.92 Å². The second-order valence-electron chi connectivity index (χ2n) is 4.83. The van der Waals surface area contributed by atoms with E-state index in [9.17, 15) is 4.79 Å². The van der Waals surface area contributed by atoms with Crippen LogP contribution in [0, 0.1) is 0 Å². The summed E-state index contributed by atoms with van der Waals surface area (Å²) in [5, 5.41) is 0. The Labute approximate surface area is 120 Å². The smallest absolute Gasteiger partial charge is 0.239 e. The highest BCUT2D eigenvalue weighted by atomic mass is 35.5. The number of carbonyl (C=O) groups excluding carboxylic acids is 1. The topological polar surface area (TPSA) is 55.6 Å². The molecule has 1 aromatic rings. The summed E-state index contributed by atoms with van der Waals surface area (Å²) in [6.45, 7) is 3.31. The summed E-state index contributed by atoms with van der Waals surface area (Å²) >= 11 is 0. The van der Waals surface area contributed by atoms with Gasteiger partial charge in [0, 0.05) is 19.0 Å². The molecular weight excluding hydrogens is 264 g/mol. The highest BCUT2D eigenvalue weighted by Crippen LogP contribution is 2.28. The van der Waals surface area contributed by atoms with Crippen molar-refractivity contribution in [3.05, 3.63) is 29.8 Å². The molecule has 1 aromatic carbocycles. The van der Waals surface area contributed by atoms with Crippen LogP contribution in [0.25, 0.3) is 0 Å². The molecule has 1 heterocycles. The number of hydrogen-bond donors (Lipinski definition) is 1. The minimum absolute atomic E-state index is 0. The van der Waals surface area contributed by atoms with Gasteiger partial charge in [0.2, 0.25) is 5.91 Å². The zero-order valence-electron chi connectivity index (χ0n) is 11.3. The van der Waals surface area contributed by atoms with Crippen LogP contribution in [0.1, 0.15) is 24.8 Å². The van der Waals surface area contributed by atoms with Crippen LogP contribution in [-0.2, 0) is 4.79 Å². The predicted octanol–water partition coefficient (Wildman–Crippen LogP) is 1.78. The summed E-state index contributed by atoms with van der Waals surface area (Å²) in [7, 11) is 1.66. The minimum Gasteiger partial charge on any atom is -0.497 e. The number of likely N-dealkylation sites (tertiary alicyclic amines) is 1. The summed E-state index contributed by atoms with van der Waals surface area (Å²) in [5.41, 5.74) is 6.89. The van der Waals surface area contributed by atoms with E-state index in [4.69, 9.17) is 10.5 Å². The third-order valence-electron chi connectivity index (χ3n) is 3.48. The highest BCUT2D eigenvalue weighted by molar-refractivity contribution is 5.85. The first-order chi connectivity index (χ1) is 8.61. The number of hydrogen-bond acceptors (Lipinski definition) is 3. The van der Waals surface area contributed by atoms with Gasteiger partial charge in [-0.15, -0.1) is 12.4 Å². The molecule has 1 saturated heterocycles. The lowest BCUT2D eigenvalue weighted by Crippen LogP contribution is -2.40. The van der Waals surface area contributed by atoms with Crippen molar-refractivity contribution >= 4 is 18.3 Å². The van der Waals surface area contributed by atoms with Gasteiger partial charge >= 0.3 is 0 Å². The molecule has 2 atom stereocenters. The lowest BCUT2D eigenvalue weighted by molar-refractivity contribution is -0.131. The number of nitrogens with zero attached hydrogens (tertiary/aromatic N) is 1. The van der Waals surface area contributed by atoms with Crippen molar-refractivity contribution in [1.29, 1.82) is 0 Å². The van der Waals surface area contributed by atoms with Crippen LogP contribution in [0.15, 0.2) is 24.3 Å². The van der Waals surface area contributed by atoms with Gasteiger partial charge in [0.05, 0.1) is 13.2 Å². The van der Waals surface area contributed by atoms with Crippen LogP contribution in [0.3, 0.4) is 0 Å². The third kappa shape index (κ3) is 3.61. The fourth-order valence-electron chi connectivity index (χ4n) is 2.40. The van der Waals surface area contributed by atoms with Gasteiger partial charge in [-0.25, -0.2) is 0 Å². The molecule has 0 radical (unpaired) electrons. The van der Waals surface area contributed by atoms with Crippen molar-refractivity contribution in [2.24, 2.45) is 5.73 Å². The molecule has 1 fully saturated rings. The fraction of sp³-hybridized carbons (Fsp3) is 0.500. The van der Waals surface area contributed by atoms with E-state index in [2.05, 4.69) is 12.1 Å². The zero-order valence-corrected chi connectivity index (χ0v) is 12.2. The van der Waals surface area contributed by atoms with Gasteiger partial charge in [-0.05, 0) is 31.0 Å². The monoisotopic (exact) mass is 284 g/mol. The van der Waals surface area contributed by atoms with Crippen LogP contribution in [0.5, 0.6) is 5.75 Å². The molecule has 1 aliphatic rings. The molecule has 106 valence electrons. The molecular formula is C14H21ClN2O2. The number of halogens is 1. The summed E-state index contributed by atoms with van der Waals surface area (Å²) < 4.78 is 5.14. The molecule has 1 amide bonds. The Kier molecular flexibility index (Phi) is 5.63. The van der Waals surface area contributed by atoms with Crippen molar-refractivity contribution in [3.8, 4) is 5.75 Å². The Morgan fingerprint density at radius 3 is 2.58 bits per heavy atom. The molecule has 0 bridgehead atoms. The molecule has 1 aliphatic heterocycles. The van der Waals surface area contributed by atoms with Gasteiger partial charge in [-0.3, -0.25) is 4.79 Å². The van der Waals surface area contributed by atoms with E-state index in [1.165, 1.54) is 5.56 Å². The van der Waals surface area contributed by atoms with Crippen molar-refractivity contribution in [2.45, 2.75) is 25.3 Å². The van der Waals surface area contributed by atoms with Crippen molar-refractivity contribution in [3.63, 3.8) is 0 Å². The summed E-state index contributed by atoms with van der Waals surface area (Å²) in [6, 6.07) is 7.67. The third-order valence-corrected chi connectivity index (χ3v) is 3.48. The Hall–Kier alpha value is -1.26. The lowest BCUT2D eigenvalue weighted by Gasteiger charge is -2.18. The van der Waals surface area contributed by atoms with Crippen LogP contribution in [-0.4, -0.2) is 37.0 Å². The van der Waals surface area contributed by atoms with Gasteiger partial charge in [0.15, 0.2) is 0 Å². The van der Waals surface area contributed by atoms with Crippen LogP contribution < -0.4 is 10.5 Å². The molecule has 0 saturated carbocycles. The number of nitrogens with two attached hydrogens (primary N) is 1. The molecule has 5 heteroatoms. The van der Waals surface area contributed by atoms with Gasteiger partial charge in [0.25, 0.3) is 0 Å². The first-order valence-electron chi connectivity index (χ1n) is 6.30. The van der Waals surface area contributed by atoms with E-state index in [1.54, 1.807) is 14.0 Å². The van der Waals surface area contributed by atoms with Gasteiger partial charge in [-0.2, -0.15) is 0 Å². The number of ether oxygens (including phenoxy) is 1. The van der Waals surface area contributed by atoms with E-state index < -0.39 is 6.04 Å². The number of methoxy groups -OCH3 is 1. The van der Waals surface area contributed by atoms with Gasteiger partial charge in [0.1, 0.15) is 5.75 Å². The largest absolute Gasteiger partial charge is 0.497 e.